The lowest BCUT2D eigenvalue weighted by atomic mass is 10.1. The van der Waals surface area contributed by atoms with E-state index in [2.05, 4.69) is 84.3 Å². The van der Waals surface area contributed by atoms with Crippen LogP contribution in [0, 0.1) is 0 Å². The molecule has 0 bridgehead atoms. The molecule has 3 heteroatoms. The molecule has 0 aliphatic carbocycles. The third-order valence-corrected chi connectivity index (χ3v) is 7.39. The Balaban J connectivity index is 1.47. The van der Waals surface area contributed by atoms with E-state index in [4.69, 9.17) is 0 Å². The zero-order chi connectivity index (χ0) is 16.6. The van der Waals surface area contributed by atoms with Crippen molar-refractivity contribution >= 4 is 67.0 Å². The molecule has 0 fully saturated rings. The number of rotatable bonds is 3. The number of thiophene rings is 3. The van der Waals surface area contributed by atoms with E-state index in [1.165, 1.54) is 40.4 Å². The lowest BCUT2D eigenvalue weighted by Crippen LogP contribution is -1.70. The lowest BCUT2D eigenvalue weighted by Gasteiger charge is -1.96. The van der Waals surface area contributed by atoms with Crippen molar-refractivity contribution in [2.24, 2.45) is 0 Å². The average molecular weight is 375 g/mol. The van der Waals surface area contributed by atoms with Crippen LogP contribution in [-0.2, 0) is 0 Å². The van der Waals surface area contributed by atoms with Gasteiger partial charge in [0.05, 0.1) is 0 Å². The van der Waals surface area contributed by atoms with Crippen LogP contribution in [-0.4, -0.2) is 0 Å². The molecule has 0 aliphatic rings. The highest BCUT2D eigenvalue weighted by Crippen LogP contribution is 2.34. The van der Waals surface area contributed by atoms with Gasteiger partial charge in [0.25, 0.3) is 0 Å². The van der Waals surface area contributed by atoms with Crippen LogP contribution < -0.4 is 0 Å². The van der Waals surface area contributed by atoms with Crippen LogP contribution in [0.3, 0.4) is 0 Å². The first kappa shape index (κ1) is 15.1. The summed E-state index contributed by atoms with van der Waals surface area (Å²) < 4.78 is 1.35. The van der Waals surface area contributed by atoms with Gasteiger partial charge in [-0.2, -0.15) is 0 Å². The second kappa shape index (κ2) is 6.26. The van der Waals surface area contributed by atoms with Gasteiger partial charge in [-0.3, -0.25) is 0 Å². The van der Waals surface area contributed by atoms with Crippen molar-refractivity contribution in [3.05, 3.63) is 81.9 Å². The molecule has 0 N–H and O–H groups in total. The number of fused-ring (bicyclic) bond motifs is 2. The second-order valence-corrected chi connectivity index (χ2v) is 9.08. The Morgan fingerprint density at radius 2 is 1.44 bits per heavy atom. The predicted molar refractivity (Wildman–Crippen MR) is 116 cm³/mol. The molecule has 0 radical (unpaired) electrons. The van der Waals surface area contributed by atoms with E-state index in [9.17, 15) is 0 Å². The maximum Gasteiger partial charge on any atom is 0.0448 e. The first-order chi connectivity index (χ1) is 12.3. The molecule has 0 unspecified atom stereocenters. The van der Waals surface area contributed by atoms with Gasteiger partial charge in [0.1, 0.15) is 0 Å². The van der Waals surface area contributed by atoms with Gasteiger partial charge in [0.2, 0.25) is 0 Å². The Labute approximate surface area is 158 Å². The molecule has 5 rings (SSSR count). The van der Waals surface area contributed by atoms with Crippen molar-refractivity contribution in [2.45, 2.75) is 0 Å². The fourth-order valence-electron chi connectivity index (χ4n) is 2.99. The Morgan fingerprint density at radius 3 is 2.28 bits per heavy atom. The van der Waals surface area contributed by atoms with E-state index in [1.807, 2.05) is 22.7 Å². The summed E-state index contributed by atoms with van der Waals surface area (Å²) in [6.07, 6.45) is 4.46. The molecule has 3 heterocycles. The van der Waals surface area contributed by atoms with Gasteiger partial charge in [-0.25, -0.2) is 0 Å². The highest BCUT2D eigenvalue weighted by molar-refractivity contribution is 7.22. The summed E-state index contributed by atoms with van der Waals surface area (Å²) in [5.41, 5.74) is 0. The van der Waals surface area contributed by atoms with Crippen molar-refractivity contribution in [3.63, 3.8) is 0 Å². The monoisotopic (exact) mass is 374 g/mol. The average Bonchev–Trinajstić information content (AvgIpc) is 3.37. The Hall–Kier alpha value is -2.20. The van der Waals surface area contributed by atoms with Gasteiger partial charge < -0.3 is 0 Å². The topological polar surface area (TPSA) is 0 Å². The van der Waals surface area contributed by atoms with Crippen molar-refractivity contribution in [2.75, 3.05) is 0 Å². The van der Waals surface area contributed by atoms with Crippen LogP contribution in [0.4, 0.5) is 0 Å². The summed E-state index contributed by atoms with van der Waals surface area (Å²) in [6.45, 7) is 0. The Bertz CT molecular complexity index is 1130. The first-order valence-corrected chi connectivity index (χ1v) is 10.6. The van der Waals surface area contributed by atoms with Gasteiger partial charge in [0.15, 0.2) is 0 Å². The van der Waals surface area contributed by atoms with Gasteiger partial charge in [-0.15, -0.1) is 34.0 Å². The smallest absolute Gasteiger partial charge is 0.0448 e. The molecule has 0 spiro atoms. The summed E-state index contributed by atoms with van der Waals surface area (Å²) >= 11 is 5.50. The van der Waals surface area contributed by atoms with E-state index in [-0.39, 0.29) is 0 Å². The number of hydrogen-bond acceptors (Lipinski definition) is 3. The quantitative estimate of drug-likeness (QED) is 0.300. The molecule has 0 saturated carbocycles. The van der Waals surface area contributed by atoms with Crippen LogP contribution in [0.15, 0.2) is 72.1 Å². The van der Waals surface area contributed by atoms with Gasteiger partial charge in [0, 0.05) is 24.2 Å². The van der Waals surface area contributed by atoms with Crippen LogP contribution in [0.25, 0.3) is 42.8 Å². The van der Waals surface area contributed by atoms with Crippen LogP contribution in [0.5, 0.6) is 0 Å². The highest BCUT2D eigenvalue weighted by Gasteiger charge is 2.04. The van der Waals surface area contributed by atoms with E-state index >= 15 is 0 Å². The van der Waals surface area contributed by atoms with Crippen LogP contribution in [0.1, 0.15) is 9.75 Å². The fraction of sp³-hybridized carbons (Fsp3) is 0. The van der Waals surface area contributed by atoms with E-state index in [1.54, 1.807) is 11.3 Å². The van der Waals surface area contributed by atoms with E-state index in [0.717, 1.165) is 0 Å². The van der Waals surface area contributed by atoms with E-state index < -0.39 is 0 Å². The van der Waals surface area contributed by atoms with Crippen LogP contribution in [0.2, 0.25) is 0 Å². The molecular formula is C22H14S3. The molecule has 3 aromatic heterocycles. The summed E-state index contributed by atoms with van der Waals surface area (Å²) in [5, 5.41) is 6.08. The molecule has 0 aliphatic heterocycles. The molecule has 2 aromatic carbocycles. The number of benzene rings is 2. The van der Waals surface area contributed by atoms with Crippen molar-refractivity contribution in [3.8, 4) is 9.75 Å². The minimum atomic E-state index is 1.30. The summed E-state index contributed by atoms with van der Waals surface area (Å²) in [6, 6.07) is 24.2. The summed E-state index contributed by atoms with van der Waals surface area (Å²) in [7, 11) is 0. The first-order valence-electron chi connectivity index (χ1n) is 8.09. The molecule has 0 amide bonds. The summed E-state index contributed by atoms with van der Waals surface area (Å²) in [4.78, 5) is 5.29. The highest BCUT2D eigenvalue weighted by atomic mass is 32.1. The normalized spacial score (nSPS) is 11.8. The molecular weight excluding hydrogens is 360 g/mol. The van der Waals surface area contributed by atoms with Gasteiger partial charge >= 0.3 is 0 Å². The summed E-state index contributed by atoms with van der Waals surface area (Å²) in [5.74, 6) is 0. The lowest BCUT2D eigenvalue weighted by molar-refractivity contribution is 1.81. The molecule has 0 saturated heterocycles. The maximum atomic E-state index is 2.30. The van der Waals surface area contributed by atoms with Crippen molar-refractivity contribution in [1.82, 2.24) is 0 Å². The predicted octanol–water partition coefficient (Wildman–Crippen LogP) is 8.01. The van der Waals surface area contributed by atoms with Crippen molar-refractivity contribution < 1.29 is 0 Å². The third kappa shape index (κ3) is 2.95. The fourth-order valence-corrected chi connectivity index (χ4v) is 5.73. The molecule has 120 valence electrons. The molecule has 5 aromatic rings. The standard InChI is InChI=1S/C22H14S3/c1-2-5-16-14-22-17(12-15(16)4-1)13-19(25-22)8-7-18-9-10-21(24-18)20-6-3-11-23-20/h1-14H. The molecule has 0 nitrogen and oxygen atoms in total. The third-order valence-electron chi connectivity index (χ3n) is 4.21. The Kier molecular flexibility index (Phi) is 3.78. The largest absolute Gasteiger partial charge is 0.143 e. The minimum Gasteiger partial charge on any atom is -0.143 e. The van der Waals surface area contributed by atoms with Gasteiger partial charge in [-0.05, 0) is 70.1 Å². The second-order valence-electron chi connectivity index (χ2n) is 5.90. The minimum absolute atomic E-state index is 1.30. The van der Waals surface area contributed by atoms with Crippen LogP contribution >= 0.6 is 34.0 Å². The maximum absolute atomic E-state index is 2.30. The van der Waals surface area contributed by atoms with E-state index in [0.29, 0.717) is 0 Å². The Morgan fingerprint density at radius 1 is 0.600 bits per heavy atom. The zero-order valence-corrected chi connectivity index (χ0v) is 15.8. The molecule has 25 heavy (non-hydrogen) atoms. The molecule has 0 atom stereocenters. The van der Waals surface area contributed by atoms with Gasteiger partial charge in [-0.1, -0.05) is 30.3 Å². The number of hydrogen-bond donors (Lipinski definition) is 0. The zero-order valence-electron chi connectivity index (χ0n) is 13.3. The van der Waals surface area contributed by atoms with Crippen molar-refractivity contribution in [1.29, 1.82) is 0 Å². The SMILES string of the molecule is C(=Cc1cc2cc3ccccc3cc2s1)c1ccc(-c2cccs2)s1.